The second-order valence-corrected chi connectivity index (χ2v) is 12.9. The summed E-state index contributed by atoms with van der Waals surface area (Å²) in [5.41, 5.74) is 1.94. The Hall–Kier alpha value is -4.88. The lowest BCUT2D eigenvalue weighted by Crippen LogP contribution is -2.28. The number of carbonyl (C=O) groups is 2. The standard InChI is InChI=1S/C16H16BrNO4.C10H9F3O6S.C7H8BrNO/c1-20-11-5-6-12(16(19)22-3)14(9-11)18-10-4-7-15(21-2)13(17)8-10;1-17-6-3-4-7(9(14)18-2)8(5-6)19-20(15,16)10(11,12)13;1-10-7-3-2-5(9)4-6(7)8/h4-9,18H,1-3H3;3-5H,1-2H3;2-4H,9H2,1H3. The fraction of sp³-hybridized carbons (Fsp3) is 0.212. The van der Waals surface area contributed by atoms with E-state index in [2.05, 4.69) is 46.1 Å². The first-order chi connectivity index (χ1) is 24.4. The number of anilines is 3. The van der Waals surface area contributed by atoms with Gasteiger partial charge in [-0.25, -0.2) is 9.59 Å². The van der Waals surface area contributed by atoms with Gasteiger partial charge < -0.3 is 43.7 Å². The average molecular weight is 882 g/mol. The van der Waals surface area contributed by atoms with Gasteiger partial charge in [-0.15, -0.1) is 0 Å². The zero-order valence-corrected chi connectivity index (χ0v) is 32.3. The van der Waals surface area contributed by atoms with Crippen molar-refractivity contribution in [2.75, 3.05) is 53.7 Å². The molecule has 4 aromatic carbocycles. The Balaban J connectivity index is 0.000000288. The molecule has 0 fully saturated rings. The van der Waals surface area contributed by atoms with E-state index in [-0.39, 0.29) is 5.75 Å². The van der Waals surface area contributed by atoms with Crippen molar-refractivity contribution in [1.29, 1.82) is 0 Å². The number of alkyl halides is 3. The molecule has 0 aliphatic carbocycles. The highest BCUT2D eigenvalue weighted by molar-refractivity contribution is 9.11. The number of benzene rings is 4. The second kappa shape index (κ2) is 19.7. The molecule has 4 rings (SSSR count). The topological polar surface area (TPSA) is 171 Å². The SMILES string of the molecule is COC(=O)c1ccc(OC)cc1Nc1ccc(OC)c(Br)c1.COC(=O)c1ccc(OC)cc1OS(=O)(=O)C(F)(F)F.COc1ccc(N)cc1Br. The van der Waals surface area contributed by atoms with Crippen LogP contribution in [-0.2, 0) is 19.6 Å². The summed E-state index contributed by atoms with van der Waals surface area (Å²) in [5.74, 6) is -0.141. The van der Waals surface area contributed by atoms with E-state index < -0.39 is 38.9 Å². The lowest BCUT2D eigenvalue weighted by molar-refractivity contribution is -0.0500. The molecule has 0 atom stereocenters. The molecule has 282 valence electrons. The van der Waals surface area contributed by atoms with Crippen LogP contribution in [0.2, 0.25) is 0 Å². The molecule has 0 heterocycles. The van der Waals surface area contributed by atoms with Crippen LogP contribution in [0.1, 0.15) is 20.7 Å². The van der Waals surface area contributed by atoms with E-state index in [1.165, 1.54) is 20.3 Å². The summed E-state index contributed by atoms with van der Waals surface area (Å²) in [6.07, 6.45) is 0. The van der Waals surface area contributed by atoms with Crippen LogP contribution in [0.15, 0.2) is 81.7 Å². The van der Waals surface area contributed by atoms with Crippen LogP contribution in [0.3, 0.4) is 0 Å². The van der Waals surface area contributed by atoms with Gasteiger partial charge in [-0.05, 0) is 92.5 Å². The molecular formula is C33H33Br2F3N2O11S. The van der Waals surface area contributed by atoms with Crippen LogP contribution >= 0.6 is 31.9 Å². The van der Waals surface area contributed by atoms with Crippen molar-refractivity contribution in [3.8, 4) is 28.7 Å². The van der Waals surface area contributed by atoms with Crippen molar-refractivity contribution in [2.24, 2.45) is 0 Å². The fourth-order valence-corrected chi connectivity index (χ4v) is 5.33. The van der Waals surface area contributed by atoms with Gasteiger partial charge in [-0.1, -0.05) is 0 Å². The Bertz CT molecular complexity index is 1960. The Morgan fingerprint density at radius 3 is 1.63 bits per heavy atom. The third kappa shape index (κ3) is 12.1. The van der Waals surface area contributed by atoms with Crippen LogP contribution in [-0.4, -0.2) is 68.5 Å². The third-order valence-corrected chi connectivity index (χ3v) is 8.52. The van der Waals surface area contributed by atoms with E-state index in [1.807, 2.05) is 24.3 Å². The highest BCUT2D eigenvalue weighted by Gasteiger charge is 2.49. The molecular weight excluding hydrogens is 849 g/mol. The predicted molar refractivity (Wildman–Crippen MR) is 193 cm³/mol. The monoisotopic (exact) mass is 880 g/mol. The Morgan fingerprint density at radius 1 is 0.654 bits per heavy atom. The number of hydrogen-bond donors (Lipinski definition) is 2. The Morgan fingerprint density at radius 2 is 1.15 bits per heavy atom. The molecule has 0 aliphatic rings. The molecule has 0 saturated carbocycles. The van der Waals surface area contributed by atoms with Crippen LogP contribution in [0.4, 0.5) is 30.2 Å². The summed E-state index contributed by atoms with van der Waals surface area (Å²) in [5, 5.41) is 3.19. The highest BCUT2D eigenvalue weighted by atomic mass is 79.9. The fourth-order valence-electron chi connectivity index (χ4n) is 3.77. The normalized spacial score (nSPS) is 10.6. The number of nitrogens with one attached hydrogen (secondary N) is 1. The number of hydrogen-bond acceptors (Lipinski definition) is 13. The van der Waals surface area contributed by atoms with Gasteiger partial charge in [0.25, 0.3) is 0 Å². The van der Waals surface area contributed by atoms with Crippen molar-refractivity contribution in [3.63, 3.8) is 0 Å². The smallest absolute Gasteiger partial charge is 0.497 e. The molecule has 3 N–H and O–H groups in total. The molecule has 4 aromatic rings. The minimum Gasteiger partial charge on any atom is -0.497 e. The lowest BCUT2D eigenvalue weighted by Gasteiger charge is -2.13. The van der Waals surface area contributed by atoms with Crippen LogP contribution < -0.4 is 34.2 Å². The quantitative estimate of drug-likeness (QED) is 0.0687. The van der Waals surface area contributed by atoms with Gasteiger partial charge in [0, 0.05) is 23.5 Å². The maximum Gasteiger partial charge on any atom is 0.534 e. The molecule has 0 radical (unpaired) electrons. The van der Waals surface area contributed by atoms with Gasteiger partial charge in [0.2, 0.25) is 0 Å². The summed E-state index contributed by atoms with van der Waals surface area (Å²) < 4.78 is 93.5. The molecule has 52 heavy (non-hydrogen) atoms. The zero-order valence-electron chi connectivity index (χ0n) is 28.3. The van der Waals surface area contributed by atoms with E-state index >= 15 is 0 Å². The number of esters is 2. The lowest BCUT2D eigenvalue weighted by atomic mass is 10.1. The molecule has 0 amide bonds. The van der Waals surface area contributed by atoms with Crippen molar-refractivity contribution < 1.29 is 63.8 Å². The molecule has 19 heteroatoms. The number of halogens is 5. The van der Waals surface area contributed by atoms with E-state index in [9.17, 15) is 31.2 Å². The number of carbonyl (C=O) groups excluding carboxylic acids is 2. The minimum absolute atomic E-state index is 0.00466. The number of nitrogens with two attached hydrogens (primary N) is 1. The molecule has 0 spiro atoms. The Kier molecular flexibility index (Phi) is 16.4. The molecule has 13 nitrogen and oxygen atoms in total. The van der Waals surface area contributed by atoms with Gasteiger partial charge >= 0.3 is 27.6 Å². The number of rotatable bonds is 10. The molecule has 0 aromatic heterocycles. The highest BCUT2D eigenvalue weighted by Crippen LogP contribution is 2.33. The summed E-state index contributed by atoms with van der Waals surface area (Å²) in [6, 6.07) is 19.1. The van der Waals surface area contributed by atoms with Crippen LogP contribution in [0.5, 0.6) is 28.7 Å². The van der Waals surface area contributed by atoms with Gasteiger partial charge in [0.1, 0.15) is 28.6 Å². The van der Waals surface area contributed by atoms with Crippen molar-refractivity contribution >= 4 is 71.0 Å². The molecule has 0 saturated heterocycles. The predicted octanol–water partition coefficient (Wildman–Crippen LogP) is 7.75. The summed E-state index contributed by atoms with van der Waals surface area (Å²) in [6.45, 7) is 0. The number of nitrogen functional groups attached to an aromatic ring is 1. The maximum absolute atomic E-state index is 12.3. The first kappa shape index (κ1) is 43.3. The van der Waals surface area contributed by atoms with E-state index in [0.29, 0.717) is 17.0 Å². The summed E-state index contributed by atoms with van der Waals surface area (Å²) in [4.78, 5) is 23.2. The average Bonchev–Trinajstić information content (AvgIpc) is 3.11. The van der Waals surface area contributed by atoms with Crippen molar-refractivity contribution in [3.05, 3.63) is 92.9 Å². The minimum atomic E-state index is -5.90. The largest absolute Gasteiger partial charge is 0.534 e. The van der Waals surface area contributed by atoms with Gasteiger partial charge in [-0.2, -0.15) is 21.6 Å². The van der Waals surface area contributed by atoms with Crippen LogP contribution in [0, 0.1) is 0 Å². The summed E-state index contributed by atoms with van der Waals surface area (Å²) in [7, 11) is 2.42. The van der Waals surface area contributed by atoms with E-state index in [0.717, 1.165) is 51.1 Å². The first-order valence-corrected chi connectivity index (χ1v) is 17.2. The second-order valence-electron chi connectivity index (χ2n) is 9.61. The molecule has 0 unspecified atom stereocenters. The third-order valence-electron chi connectivity index (χ3n) is 6.32. The number of ether oxygens (including phenoxy) is 6. The van der Waals surface area contributed by atoms with E-state index in [4.69, 9.17) is 29.4 Å². The maximum atomic E-state index is 12.3. The van der Waals surface area contributed by atoms with Gasteiger partial charge in [0.15, 0.2) is 5.75 Å². The van der Waals surface area contributed by atoms with Gasteiger partial charge in [-0.3, -0.25) is 0 Å². The van der Waals surface area contributed by atoms with E-state index in [1.54, 1.807) is 51.7 Å². The zero-order chi connectivity index (χ0) is 39.2. The Labute approximate surface area is 314 Å². The summed E-state index contributed by atoms with van der Waals surface area (Å²) >= 11 is 6.73. The first-order valence-electron chi connectivity index (χ1n) is 14.2. The van der Waals surface area contributed by atoms with Gasteiger partial charge in [0.05, 0.1) is 62.9 Å². The van der Waals surface area contributed by atoms with Crippen LogP contribution in [0.25, 0.3) is 0 Å². The van der Waals surface area contributed by atoms with Crippen molar-refractivity contribution in [1.82, 2.24) is 0 Å². The molecule has 0 bridgehead atoms. The number of methoxy groups -OCH3 is 6. The van der Waals surface area contributed by atoms with Crippen molar-refractivity contribution in [2.45, 2.75) is 5.51 Å². The molecule has 0 aliphatic heterocycles.